The summed E-state index contributed by atoms with van der Waals surface area (Å²) < 4.78 is 0. The molecule has 8 heteroatoms. The second kappa shape index (κ2) is 6.32. The highest BCUT2D eigenvalue weighted by atomic mass is 14.9. The summed E-state index contributed by atoms with van der Waals surface area (Å²) in [5.41, 5.74) is 16.5. The summed E-state index contributed by atoms with van der Waals surface area (Å²) in [6.07, 6.45) is 5.73. The minimum atomic E-state index is 0.455. The van der Waals surface area contributed by atoms with E-state index in [1.807, 2.05) is 31.2 Å². The average molecular weight is 346 g/mol. The Hall–Kier alpha value is -3.68. The van der Waals surface area contributed by atoms with Crippen molar-refractivity contribution in [3.05, 3.63) is 60.1 Å². The minimum Gasteiger partial charge on any atom is -0.397 e. The van der Waals surface area contributed by atoms with Crippen LogP contribution in [0.15, 0.2) is 42.9 Å². The zero-order valence-electron chi connectivity index (χ0n) is 14.2. The van der Waals surface area contributed by atoms with Crippen molar-refractivity contribution in [1.29, 1.82) is 0 Å². The Morgan fingerprint density at radius 3 is 2.42 bits per heavy atom. The first-order valence-corrected chi connectivity index (χ1v) is 8.11. The zero-order valence-corrected chi connectivity index (χ0v) is 14.2. The maximum Gasteiger partial charge on any atom is 0.124 e. The molecule has 8 nitrogen and oxygen atoms in total. The summed E-state index contributed by atoms with van der Waals surface area (Å²) in [7, 11) is 0. The van der Waals surface area contributed by atoms with Crippen LogP contribution in [0.25, 0.3) is 22.8 Å². The summed E-state index contributed by atoms with van der Waals surface area (Å²) >= 11 is 0. The summed E-state index contributed by atoms with van der Waals surface area (Å²) in [4.78, 5) is 23.8. The first-order chi connectivity index (χ1) is 12.6. The van der Waals surface area contributed by atoms with Gasteiger partial charge in [0.2, 0.25) is 0 Å². The molecule has 4 aromatic heterocycles. The van der Waals surface area contributed by atoms with E-state index in [9.17, 15) is 0 Å². The van der Waals surface area contributed by atoms with Crippen molar-refractivity contribution in [2.75, 3.05) is 11.5 Å². The molecule has 0 aromatic carbocycles. The van der Waals surface area contributed by atoms with Crippen LogP contribution in [0.3, 0.4) is 0 Å². The van der Waals surface area contributed by atoms with Crippen molar-refractivity contribution in [2.45, 2.75) is 13.3 Å². The van der Waals surface area contributed by atoms with Gasteiger partial charge >= 0.3 is 0 Å². The van der Waals surface area contributed by atoms with Gasteiger partial charge in [0.1, 0.15) is 17.5 Å². The second-order valence-electron chi connectivity index (χ2n) is 6.06. The predicted molar refractivity (Wildman–Crippen MR) is 100 cm³/mol. The number of nitrogens with two attached hydrogens (primary N) is 2. The van der Waals surface area contributed by atoms with Gasteiger partial charge in [-0.2, -0.15) is 0 Å². The van der Waals surface area contributed by atoms with Gasteiger partial charge in [0.05, 0.1) is 47.1 Å². The van der Waals surface area contributed by atoms with Crippen LogP contribution < -0.4 is 11.5 Å². The molecule has 0 saturated heterocycles. The Morgan fingerprint density at radius 1 is 0.885 bits per heavy atom. The van der Waals surface area contributed by atoms with E-state index >= 15 is 0 Å². The largest absolute Gasteiger partial charge is 0.397 e. The topological polar surface area (TPSA) is 135 Å². The van der Waals surface area contributed by atoms with Crippen LogP contribution in [-0.4, -0.2) is 29.9 Å². The van der Waals surface area contributed by atoms with Gasteiger partial charge in [-0.05, 0) is 36.8 Å². The van der Waals surface area contributed by atoms with Crippen LogP contribution in [0, 0.1) is 6.92 Å². The zero-order chi connectivity index (χ0) is 18.1. The monoisotopic (exact) mass is 346 g/mol. The first kappa shape index (κ1) is 15.8. The number of anilines is 2. The molecule has 130 valence electrons. The lowest BCUT2D eigenvalue weighted by Crippen LogP contribution is -1.98. The molecule has 0 atom stereocenters. The van der Waals surface area contributed by atoms with Gasteiger partial charge in [0, 0.05) is 6.42 Å². The molecule has 4 aromatic rings. The van der Waals surface area contributed by atoms with Crippen molar-refractivity contribution in [1.82, 2.24) is 29.9 Å². The standard InChI is InChI=1S/C18H18N8/c1-10-21-8-16(24-10)14-4-11(5-17(20)25-14)6-18-23-9-15(26-18)13-3-2-12(19)7-22-13/h2-5,7-9H,6,19H2,1H3,(H2,20,25)(H,21,24)(H,23,26). The molecule has 0 amide bonds. The molecule has 0 aliphatic heterocycles. The Morgan fingerprint density at radius 2 is 1.69 bits per heavy atom. The number of pyridine rings is 2. The first-order valence-electron chi connectivity index (χ1n) is 8.11. The third-order valence-corrected chi connectivity index (χ3v) is 3.95. The summed E-state index contributed by atoms with van der Waals surface area (Å²) in [6, 6.07) is 7.49. The van der Waals surface area contributed by atoms with Crippen LogP contribution in [-0.2, 0) is 6.42 Å². The number of rotatable bonds is 4. The maximum absolute atomic E-state index is 5.97. The molecule has 4 rings (SSSR count). The number of nitrogens with zero attached hydrogens (tertiary/aromatic N) is 4. The lowest BCUT2D eigenvalue weighted by molar-refractivity contribution is 1.02. The Balaban J connectivity index is 1.60. The van der Waals surface area contributed by atoms with Crippen LogP contribution in [0.5, 0.6) is 0 Å². The normalized spacial score (nSPS) is 11.0. The van der Waals surface area contributed by atoms with Crippen molar-refractivity contribution >= 4 is 11.5 Å². The maximum atomic E-state index is 5.97. The highest BCUT2D eigenvalue weighted by Crippen LogP contribution is 2.21. The average Bonchev–Trinajstić information content (AvgIpc) is 3.24. The highest BCUT2D eigenvalue weighted by molar-refractivity contribution is 5.58. The lowest BCUT2D eigenvalue weighted by Gasteiger charge is -2.04. The van der Waals surface area contributed by atoms with Gasteiger partial charge in [0.25, 0.3) is 0 Å². The lowest BCUT2D eigenvalue weighted by atomic mass is 10.1. The van der Waals surface area contributed by atoms with Gasteiger partial charge < -0.3 is 21.4 Å². The van der Waals surface area contributed by atoms with E-state index in [2.05, 4.69) is 29.9 Å². The van der Waals surface area contributed by atoms with E-state index in [0.717, 1.165) is 40.0 Å². The molecule has 4 heterocycles. The fourth-order valence-electron chi connectivity index (χ4n) is 2.74. The molecule has 0 spiro atoms. The quantitative estimate of drug-likeness (QED) is 0.448. The van der Waals surface area contributed by atoms with Crippen molar-refractivity contribution < 1.29 is 0 Å². The van der Waals surface area contributed by atoms with Crippen LogP contribution in [0.1, 0.15) is 17.2 Å². The Bertz CT molecular complexity index is 1050. The summed E-state index contributed by atoms with van der Waals surface area (Å²) in [6.45, 7) is 1.90. The fourth-order valence-corrected chi connectivity index (χ4v) is 2.74. The number of nitrogen functional groups attached to an aromatic ring is 2. The van der Waals surface area contributed by atoms with Crippen molar-refractivity contribution in [2.24, 2.45) is 0 Å². The van der Waals surface area contributed by atoms with Gasteiger partial charge in [-0.3, -0.25) is 4.98 Å². The molecule has 6 N–H and O–H groups in total. The fraction of sp³-hybridized carbons (Fsp3) is 0.111. The minimum absolute atomic E-state index is 0.455. The molecule has 0 saturated carbocycles. The number of hydrogen-bond acceptors (Lipinski definition) is 6. The number of imidazole rings is 2. The molecule has 0 unspecified atom stereocenters. The number of H-pyrrole nitrogens is 2. The second-order valence-corrected chi connectivity index (χ2v) is 6.06. The van der Waals surface area contributed by atoms with E-state index in [-0.39, 0.29) is 0 Å². The molecule has 0 bridgehead atoms. The molecule has 0 fully saturated rings. The van der Waals surface area contributed by atoms with Crippen LogP contribution >= 0.6 is 0 Å². The summed E-state index contributed by atoms with van der Waals surface area (Å²) in [5, 5.41) is 0. The molecule has 0 aliphatic carbocycles. The Kier molecular flexibility index (Phi) is 3.85. The SMILES string of the molecule is Cc1ncc(-c2cc(Cc3ncc(-c4ccc(N)cn4)[nH]3)cc(N)n2)[nH]1. The van der Waals surface area contributed by atoms with E-state index < -0.39 is 0 Å². The third kappa shape index (κ3) is 3.25. The highest BCUT2D eigenvalue weighted by Gasteiger charge is 2.09. The van der Waals surface area contributed by atoms with Gasteiger partial charge in [-0.25, -0.2) is 15.0 Å². The Labute approximate surface area is 149 Å². The third-order valence-electron chi connectivity index (χ3n) is 3.95. The molecule has 0 radical (unpaired) electrons. The van der Waals surface area contributed by atoms with E-state index in [1.54, 1.807) is 18.6 Å². The molecular formula is C18H18N8. The van der Waals surface area contributed by atoms with Crippen LogP contribution in [0.4, 0.5) is 11.5 Å². The number of aryl methyl sites for hydroxylation is 1. The summed E-state index contributed by atoms with van der Waals surface area (Å²) in [5.74, 6) is 2.10. The van der Waals surface area contributed by atoms with E-state index in [4.69, 9.17) is 11.5 Å². The van der Waals surface area contributed by atoms with Crippen molar-refractivity contribution in [3.63, 3.8) is 0 Å². The molecule has 0 aliphatic rings. The van der Waals surface area contributed by atoms with E-state index in [1.165, 1.54) is 0 Å². The molecule has 26 heavy (non-hydrogen) atoms. The number of hydrogen-bond donors (Lipinski definition) is 4. The van der Waals surface area contributed by atoms with Gasteiger partial charge in [-0.1, -0.05) is 0 Å². The van der Waals surface area contributed by atoms with Gasteiger partial charge in [0.15, 0.2) is 0 Å². The number of nitrogens with one attached hydrogen (secondary N) is 2. The molecular weight excluding hydrogens is 328 g/mol. The van der Waals surface area contributed by atoms with Gasteiger partial charge in [-0.15, -0.1) is 0 Å². The number of aromatic nitrogens is 6. The predicted octanol–water partition coefficient (Wildman–Crippen LogP) is 2.32. The van der Waals surface area contributed by atoms with Crippen molar-refractivity contribution in [3.8, 4) is 22.8 Å². The smallest absolute Gasteiger partial charge is 0.124 e. The number of aromatic amines is 2. The van der Waals surface area contributed by atoms with E-state index in [0.29, 0.717) is 17.9 Å². The van der Waals surface area contributed by atoms with Crippen LogP contribution in [0.2, 0.25) is 0 Å².